The first kappa shape index (κ1) is 24.0. The van der Waals surface area contributed by atoms with Gasteiger partial charge in [0.2, 0.25) is 10.0 Å². The van der Waals surface area contributed by atoms with E-state index in [4.69, 9.17) is 16.3 Å². The second-order valence-electron chi connectivity index (χ2n) is 7.42. The Morgan fingerprint density at radius 3 is 2.53 bits per heavy atom. The lowest BCUT2D eigenvalue weighted by Crippen LogP contribution is -2.45. The lowest BCUT2D eigenvalue weighted by Gasteiger charge is -2.34. The van der Waals surface area contributed by atoms with E-state index in [-0.39, 0.29) is 17.5 Å². The number of nitrogens with one attached hydrogen (secondary N) is 2. The van der Waals surface area contributed by atoms with Gasteiger partial charge in [-0.15, -0.1) is 0 Å². The molecule has 1 saturated heterocycles. The van der Waals surface area contributed by atoms with E-state index in [1.807, 2.05) is 0 Å². The lowest BCUT2D eigenvalue weighted by molar-refractivity contribution is -0.136. The summed E-state index contributed by atoms with van der Waals surface area (Å²) in [6.45, 7) is 0.591. The number of hydrogen-bond donors (Lipinski definition) is 2. The van der Waals surface area contributed by atoms with Crippen molar-refractivity contribution in [1.82, 2.24) is 9.62 Å². The molecule has 3 rings (SSSR count). The minimum absolute atomic E-state index is 0.176. The molecule has 1 aliphatic rings. The molecule has 2 aromatic carbocycles. The van der Waals surface area contributed by atoms with E-state index in [1.54, 1.807) is 36.4 Å². The van der Waals surface area contributed by atoms with Crippen molar-refractivity contribution in [2.24, 2.45) is 0 Å². The van der Waals surface area contributed by atoms with E-state index >= 15 is 0 Å². The molecule has 172 valence electrons. The summed E-state index contributed by atoms with van der Waals surface area (Å²) in [5.74, 6) is -1.17. The molecule has 32 heavy (non-hydrogen) atoms. The molecule has 2 amide bonds. The summed E-state index contributed by atoms with van der Waals surface area (Å²) < 4.78 is 32.8. The number of halogens is 1. The van der Waals surface area contributed by atoms with Crippen LogP contribution in [0.4, 0.5) is 5.69 Å². The fraction of sp³-hybridized carbons (Fsp3) is 0.364. The van der Waals surface area contributed by atoms with Crippen molar-refractivity contribution in [2.75, 3.05) is 25.5 Å². The van der Waals surface area contributed by atoms with Crippen molar-refractivity contribution < 1.29 is 22.7 Å². The molecular weight excluding hydrogens is 454 g/mol. The van der Waals surface area contributed by atoms with Crippen molar-refractivity contribution >= 4 is 39.1 Å². The number of sulfonamides is 1. The first-order valence-corrected chi connectivity index (χ1v) is 12.1. The monoisotopic (exact) mass is 479 g/mol. The van der Waals surface area contributed by atoms with Crippen molar-refractivity contribution in [2.45, 2.75) is 36.6 Å². The van der Waals surface area contributed by atoms with Gasteiger partial charge in [0.15, 0.2) is 0 Å². The summed E-state index contributed by atoms with van der Waals surface area (Å²) in [6.07, 6.45) is 2.77. The molecule has 1 unspecified atom stereocenters. The van der Waals surface area contributed by atoms with Gasteiger partial charge in [-0.25, -0.2) is 8.42 Å². The highest BCUT2D eigenvalue weighted by Crippen LogP contribution is 2.27. The van der Waals surface area contributed by atoms with Crippen LogP contribution in [0.1, 0.15) is 25.7 Å². The minimum atomic E-state index is -3.67. The van der Waals surface area contributed by atoms with Crippen LogP contribution in [0.25, 0.3) is 0 Å². The number of methoxy groups -OCH3 is 1. The molecule has 0 aliphatic carbocycles. The number of hydrogen-bond acceptors (Lipinski definition) is 5. The third kappa shape index (κ3) is 5.79. The number of carbonyl (C=O) groups is 2. The van der Waals surface area contributed by atoms with Crippen molar-refractivity contribution in [3.8, 4) is 5.75 Å². The van der Waals surface area contributed by atoms with Crippen molar-refractivity contribution in [3.05, 3.63) is 53.6 Å². The molecule has 8 nitrogen and oxygen atoms in total. The predicted molar refractivity (Wildman–Crippen MR) is 122 cm³/mol. The highest BCUT2D eigenvalue weighted by atomic mass is 35.5. The highest BCUT2D eigenvalue weighted by molar-refractivity contribution is 7.89. The van der Waals surface area contributed by atoms with E-state index < -0.39 is 21.8 Å². The van der Waals surface area contributed by atoms with Gasteiger partial charge in [-0.05, 0) is 55.7 Å². The number of carbonyl (C=O) groups excluding carboxylic acids is 2. The standard InChI is InChI=1S/C22H26ClN3O5S/c1-31-20-8-3-2-7-19(20)25-22(28)21(27)24-14-13-17-6-4-5-15-26(17)32(29,30)18-11-9-16(23)10-12-18/h2-3,7-12,17H,4-6,13-15H2,1H3,(H,24,27)(H,25,28). The Labute approximate surface area is 192 Å². The SMILES string of the molecule is COc1ccccc1NC(=O)C(=O)NCCC1CCCCN1S(=O)(=O)c1ccc(Cl)cc1. The Bertz CT molecular complexity index is 1060. The number of amides is 2. The molecule has 2 aromatic rings. The van der Waals surface area contributed by atoms with E-state index in [9.17, 15) is 18.0 Å². The third-order valence-electron chi connectivity index (χ3n) is 5.32. The maximum Gasteiger partial charge on any atom is 0.313 e. The van der Waals surface area contributed by atoms with Gasteiger partial charge in [-0.2, -0.15) is 4.31 Å². The summed E-state index contributed by atoms with van der Waals surface area (Å²) in [5, 5.41) is 5.56. The second kappa shape index (κ2) is 10.8. The Balaban J connectivity index is 1.58. The Hall–Kier alpha value is -2.62. The molecule has 1 fully saturated rings. The summed E-state index contributed by atoms with van der Waals surface area (Å²) >= 11 is 5.88. The number of benzene rings is 2. The van der Waals surface area contributed by atoms with Gasteiger partial charge in [0.25, 0.3) is 0 Å². The zero-order valence-electron chi connectivity index (χ0n) is 17.7. The average Bonchev–Trinajstić information content (AvgIpc) is 2.80. The molecule has 0 spiro atoms. The fourth-order valence-corrected chi connectivity index (χ4v) is 5.53. The van der Waals surface area contributed by atoms with Crippen molar-refractivity contribution in [3.63, 3.8) is 0 Å². The van der Waals surface area contributed by atoms with E-state index in [0.717, 1.165) is 12.8 Å². The van der Waals surface area contributed by atoms with E-state index in [2.05, 4.69) is 10.6 Å². The fourth-order valence-electron chi connectivity index (χ4n) is 3.68. The van der Waals surface area contributed by atoms with Crippen LogP contribution in [0, 0.1) is 0 Å². The first-order chi connectivity index (χ1) is 15.3. The number of nitrogens with zero attached hydrogens (tertiary/aromatic N) is 1. The maximum absolute atomic E-state index is 13.1. The summed E-state index contributed by atoms with van der Waals surface area (Å²) in [6, 6.07) is 12.6. The molecule has 0 bridgehead atoms. The average molecular weight is 480 g/mol. The van der Waals surface area contributed by atoms with Gasteiger partial charge in [0.1, 0.15) is 5.75 Å². The van der Waals surface area contributed by atoms with E-state index in [0.29, 0.717) is 35.8 Å². The first-order valence-electron chi connectivity index (χ1n) is 10.3. The van der Waals surface area contributed by atoms with Crippen LogP contribution in [0.15, 0.2) is 53.4 Å². The number of rotatable bonds is 7. The quantitative estimate of drug-likeness (QED) is 0.594. The topological polar surface area (TPSA) is 105 Å². The van der Waals surface area contributed by atoms with Crippen LogP contribution in [0.5, 0.6) is 5.75 Å². The third-order valence-corrected chi connectivity index (χ3v) is 7.54. The zero-order chi connectivity index (χ0) is 23.1. The summed E-state index contributed by atoms with van der Waals surface area (Å²) in [4.78, 5) is 24.6. The van der Waals surface area contributed by atoms with Gasteiger partial charge in [0, 0.05) is 24.2 Å². The maximum atomic E-state index is 13.1. The van der Waals surface area contributed by atoms with Gasteiger partial charge in [-0.1, -0.05) is 30.2 Å². The van der Waals surface area contributed by atoms with Crippen LogP contribution in [-0.4, -0.2) is 50.8 Å². The molecule has 1 heterocycles. The van der Waals surface area contributed by atoms with Crippen LogP contribution in [0.2, 0.25) is 5.02 Å². The Morgan fingerprint density at radius 2 is 1.81 bits per heavy atom. The molecule has 1 atom stereocenters. The van der Waals surface area contributed by atoms with Crippen LogP contribution >= 0.6 is 11.6 Å². The minimum Gasteiger partial charge on any atom is -0.495 e. The van der Waals surface area contributed by atoms with Crippen LogP contribution in [0.3, 0.4) is 0 Å². The largest absolute Gasteiger partial charge is 0.495 e. The smallest absolute Gasteiger partial charge is 0.313 e. The molecule has 0 radical (unpaired) electrons. The number of piperidine rings is 1. The molecular formula is C22H26ClN3O5S. The van der Waals surface area contributed by atoms with Crippen LogP contribution < -0.4 is 15.4 Å². The number of para-hydroxylation sites is 2. The summed E-state index contributed by atoms with van der Waals surface area (Å²) in [5.41, 5.74) is 0.391. The molecule has 1 aliphatic heterocycles. The molecule has 10 heteroatoms. The molecule has 0 aromatic heterocycles. The highest BCUT2D eigenvalue weighted by Gasteiger charge is 2.33. The Kier molecular flexibility index (Phi) is 8.11. The van der Waals surface area contributed by atoms with Gasteiger partial charge in [0.05, 0.1) is 17.7 Å². The van der Waals surface area contributed by atoms with Gasteiger partial charge >= 0.3 is 11.8 Å². The van der Waals surface area contributed by atoms with E-state index in [1.165, 1.54) is 23.5 Å². The lowest BCUT2D eigenvalue weighted by atomic mass is 10.0. The predicted octanol–water partition coefficient (Wildman–Crippen LogP) is 3.04. The molecule has 0 saturated carbocycles. The normalized spacial score (nSPS) is 16.9. The Morgan fingerprint density at radius 1 is 1.09 bits per heavy atom. The van der Waals surface area contributed by atoms with Gasteiger partial charge in [-0.3, -0.25) is 9.59 Å². The van der Waals surface area contributed by atoms with Crippen LogP contribution in [-0.2, 0) is 19.6 Å². The molecule has 2 N–H and O–H groups in total. The van der Waals surface area contributed by atoms with Crippen molar-refractivity contribution in [1.29, 1.82) is 0 Å². The number of anilines is 1. The summed E-state index contributed by atoms with van der Waals surface area (Å²) in [7, 11) is -2.20. The zero-order valence-corrected chi connectivity index (χ0v) is 19.3. The van der Waals surface area contributed by atoms with Gasteiger partial charge < -0.3 is 15.4 Å². The number of ether oxygens (including phenoxy) is 1. The second-order valence-corrected chi connectivity index (χ2v) is 9.75.